The van der Waals surface area contributed by atoms with Gasteiger partial charge < -0.3 is 45.5 Å². The van der Waals surface area contributed by atoms with E-state index in [0.29, 0.717) is 0 Å². The molecule has 27 heteroatoms. The fraction of sp³-hybridized carbons (Fsp3) is 0. The summed E-state index contributed by atoms with van der Waals surface area (Å²) in [6.07, 6.45) is 0. The minimum absolute atomic E-state index is 0. The van der Waals surface area contributed by atoms with Crippen LogP contribution in [0.15, 0.2) is 0 Å². The van der Waals surface area contributed by atoms with Gasteiger partial charge >= 0.3 is 83.5 Å². The Morgan fingerprint density at radius 3 is 0.259 bits per heavy atom. The minimum atomic E-state index is -5.17. The molecule has 0 aliphatic rings. The van der Waals surface area contributed by atoms with Crippen LogP contribution in [0.25, 0.3) is 0 Å². The molecule has 0 amide bonds. The third-order valence-corrected chi connectivity index (χ3v) is 0. The van der Waals surface area contributed by atoms with Crippen LogP contribution in [0.5, 0.6) is 0 Å². The first-order valence-corrected chi connectivity index (χ1v) is 10.0. The Labute approximate surface area is 219 Å². The first-order chi connectivity index (χ1) is 10.0. The molecular formula is Ce2O20S5. The second-order valence-electron chi connectivity index (χ2n) is 2.04. The van der Waals surface area contributed by atoms with E-state index >= 15 is 0 Å². The van der Waals surface area contributed by atoms with Crippen LogP contribution in [-0.2, 0) is 52.0 Å². The Balaban J connectivity index is -0.0000000364. The maximum atomic E-state index is 8.52. The number of rotatable bonds is 0. The van der Waals surface area contributed by atoms with E-state index in [4.69, 9.17) is 87.6 Å². The Morgan fingerprint density at radius 1 is 0.259 bits per heavy atom. The number of hydrogen-bond acceptors (Lipinski definition) is 20. The molecule has 0 unspecified atom stereocenters. The predicted octanol–water partition coefficient (Wildman–Crippen LogP) is -6.69. The zero-order valence-corrected chi connectivity index (χ0v) is 21.6. The molecule has 0 spiro atoms. The zero-order chi connectivity index (χ0) is 22.5. The number of hydrogen-bond donors (Lipinski definition) is 0. The summed E-state index contributed by atoms with van der Waals surface area (Å²) in [5.41, 5.74) is 0. The van der Waals surface area contributed by atoms with E-state index in [1.165, 1.54) is 0 Å². The van der Waals surface area contributed by atoms with Crippen LogP contribution >= 0.6 is 0 Å². The first kappa shape index (κ1) is 47.0. The van der Waals surface area contributed by atoms with Crippen LogP contribution in [0.2, 0.25) is 0 Å². The average molecular weight is 761 g/mol. The predicted molar refractivity (Wildman–Crippen MR) is 52.4 cm³/mol. The van der Waals surface area contributed by atoms with Crippen molar-refractivity contribution in [3.8, 4) is 0 Å². The Kier molecular flexibility index (Phi) is 34.9. The summed E-state index contributed by atoms with van der Waals surface area (Å²) in [5, 5.41) is 0. The van der Waals surface area contributed by atoms with Crippen molar-refractivity contribution in [1.29, 1.82) is 0 Å². The van der Waals surface area contributed by atoms with Gasteiger partial charge in [0.15, 0.2) is 0 Å². The summed E-state index contributed by atoms with van der Waals surface area (Å²) < 4.78 is 170. The van der Waals surface area contributed by atoms with Gasteiger partial charge in [0, 0.05) is 52.0 Å². The summed E-state index contributed by atoms with van der Waals surface area (Å²) in [7, 11) is -25.8. The molecule has 0 saturated carbocycles. The van der Waals surface area contributed by atoms with Crippen molar-refractivity contribution >= 4 is 52.0 Å². The monoisotopic (exact) mass is 760 g/mol. The van der Waals surface area contributed by atoms with Gasteiger partial charge in [-0.1, -0.05) is 0 Å². The summed E-state index contributed by atoms with van der Waals surface area (Å²) >= 11 is 0. The molecule has 0 rings (SSSR count). The molecule has 0 atom stereocenters. The Bertz CT molecular complexity index is 619. The van der Waals surface area contributed by atoms with Gasteiger partial charge in [-0.25, -0.2) is 0 Å². The van der Waals surface area contributed by atoms with Gasteiger partial charge in [-0.3, -0.25) is 42.1 Å². The minimum Gasteiger partial charge on any atom is -0.759 e. The molecule has 0 heterocycles. The fourth-order valence-corrected chi connectivity index (χ4v) is 0. The summed E-state index contributed by atoms with van der Waals surface area (Å²) in [5.74, 6) is 0. The maximum Gasteiger partial charge on any atom is 5.00 e. The van der Waals surface area contributed by atoms with E-state index < -0.39 is 52.0 Å². The molecule has 0 saturated heterocycles. The third kappa shape index (κ3) is 4330. The van der Waals surface area contributed by atoms with Crippen molar-refractivity contribution in [3.63, 3.8) is 0 Å². The van der Waals surface area contributed by atoms with Gasteiger partial charge in [-0.15, -0.1) is 0 Å². The second-order valence-corrected chi connectivity index (χ2v) is 6.12. The van der Waals surface area contributed by atoms with Crippen LogP contribution in [0.4, 0.5) is 0 Å². The van der Waals surface area contributed by atoms with Crippen LogP contribution in [0.3, 0.4) is 0 Å². The third-order valence-electron chi connectivity index (χ3n) is 0. The molecule has 0 aliphatic heterocycles. The quantitative estimate of drug-likeness (QED) is 0.163. The topological polar surface area (TPSA) is 401 Å². The molecule has 0 radical (unpaired) electrons. The van der Waals surface area contributed by atoms with Gasteiger partial charge in [-0.2, -0.15) is 0 Å². The molecule has 158 valence electrons. The fourth-order valence-electron chi connectivity index (χ4n) is 0. The molecule has 0 aromatic carbocycles. The Hall–Kier alpha value is 2.10. The molecule has 0 aromatic heterocycles. The maximum absolute atomic E-state index is 8.52. The molecule has 0 bridgehead atoms. The molecule has 0 aromatic rings. The van der Waals surface area contributed by atoms with E-state index in [1.807, 2.05) is 0 Å². The summed E-state index contributed by atoms with van der Waals surface area (Å²) in [6, 6.07) is 0. The normalized spacial score (nSPS) is 10.7. The van der Waals surface area contributed by atoms with Crippen molar-refractivity contribution in [2.45, 2.75) is 0 Å². The van der Waals surface area contributed by atoms with Crippen molar-refractivity contribution in [3.05, 3.63) is 0 Å². The van der Waals surface area contributed by atoms with Gasteiger partial charge in [0.2, 0.25) is 0 Å². The molecule has 20 nitrogen and oxygen atoms in total. The first-order valence-electron chi connectivity index (χ1n) is 3.33. The van der Waals surface area contributed by atoms with E-state index in [0.717, 1.165) is 0 Å². The zero-order valence-electron chi connectivity index (χ0n) is 11.2. The van der Waals surface area contributed by atoms with Crippen LogP contribution in [0, 0.1) is 83.5 Å². The van der Waals surface area contributed by atoms with Gasteiger partial charge in [0.1, 0.15) is 0 Å². The van der Waals surface area contributed by atoms with E-state index in [1.54, 1.807) is 0 Å². The van der Waals surface area contributed by atoms with E-state index in [2.05, 4.69) is 0 Å². The smallest absolute Gasteiger partial charge is 0.759 e. The van der Waals surface area contributed by atoms with Crippen LogP contribution in [0.1, 0.15) is 0 Å². The Morgan fingerprint density at radius 2 is 0.259 bits per heavy atom. The SMILES string of the molecule is O=S(=O)([O-])[O-].O=S(=O)([O-])[O-].O=S(=O)([O-])[O-].O=S(=O)([O-])[O-].O=S(=O)([O-])[O-].[Ce+5].[Ce+5]. The van der Waals surface area contributed by atoms with E-state index in [-0.39, 0.29) is 83.5 Å². The van der Waals surface area contributed by atoms with Gasteiger partial charge in [-0.05, 0) is 0 Å². The largest absolute Gasteiger partial charge is 5.00 e. The van der Waals surface area contributed by atoms with Gasteiger partial charge in [0.25, 0.3) is 0 Å². The molecule has 0 N–H and O–H groups in total. The van der Waals surface area contributed by atoms with Gasteiger partial charge in [0.05, 0.1) is 0 Å². The standard InChI is InChI=1S/2Ce.5H2O4S/c;;5*1-5(2,3)4/h;;5*(H2,1,2,3,4)/q2*+5;;;;;/p-10. The van der Waals surface area contributed by atoms with Crippen molar-refractivity contribution < 1.29 is 171 Å². The molecule has 0 fully saturated rings. The second kappa shape index (κ2) is 20.0. The molecule has 0 aliphatic carbocycles. The average Bonchev–Trinajstić information content (AvgIpc) is 1.79. The summed E-state index contributed by atoms with van der Waals surface area (Å²) in [4.78, 5) is 0. The van der Waals surface area contributed by atoms with Crippen molar-refractivity contribution in [2.75, 3.05) is 0 Å². The van der Waals surface area contributed by atoms with Crippen LogP contribution < -0.4 is 0 Å². The van der Waals surface area contributed by atoms with Crippen LogP contribution in [-0.4, -0.2) is 87.6 Å². The molecule has 27 heavy (non-hydrogen) atoms. The van der Waals surface area contributed by atoms with Crippen molar-refractivity contribution in [2.24, 2.45) is 0 Å². The summed E-state index contributed by atoms with van der Waals surface area (Å²) in [6.45, 7) is 0. The van der Waals surface area contributed by atoms with Crippen molar-refractivity contribution in [1.82, 2.24) is 0 Å². The van der Waals surface area contributed by atoms with E-state index in [9.17, 15) is 0 Å². The molecular weight excluding hydrogens is 761 g/mol.